The fourth-order valence-corrected chi connectivity index (χ4v) is 3.64. The normalized spacial score (nSPS) is 17.9. The lowest BCUT2D eigenvalue weighted by Crippen LogP contribution is -2.42. The van der Waals surface area contributed by atoms with Gasteiger partial charge in [-0.2, -0.15) is 4.98 Å². The molecule has 0 radical (unpaired) electrons. The predicted molar refractivity (Wildman–Crippen MR) is 102 cm³/mol. The Labute approximate surface area is 160 Å². The SMILES string of the molecule is CC(=O)N1CCC(C(=O)NCCOc2cc(N3CCCC3)nc(C)n2)CC1. The monoisotopic (exact) mass is 375 g/mol. The number of carbonyl (C=O) groups is 2. The van der Waals surface area contributed by atoms with Crippen LogP contribution in [0.2, 0.25) is 0 Å². The van der Waals surface area contributed by atoms with Crippen LogP contribution in [0.1, 0.15) is 38.4 Å². The van der Waals surface area contributed by atoms with Crippen LogP contribution in [0.5, 0.6) is 5.88 Å². The van der Waals surface area contributed by atoms with Gasteiger partial charge in [-0.3, -0.25) is 9.59 Å². The molecule has 0 saturated carbocycles. The minimum Gasteiger partial charge on any atom is -0.476 e. The first-order chi connectivity index (χ1) is 13.0. The predicted octanol–water partition coefficient (Wildman–Crippen LogP) is 1.14. The Balaban J connectivity index is 1.41. The molecule has 148 valence electrons. The molecule has 27 heavy (non-hydrogen) atoms. The number of aromatic nitrogens is 2. The highest BCUT2D eigenvalue weighted by Gasteiger charge is 2.25. The van der Waals surface area contributed by atoms with Gasteiger partial charge in [0.25, 0.3) is 0 Å². The molecule has 0 atom stereocenters. The van der Waals surface area contributed by atoms with Crippen LogP contribution in [0.15, 0.2) is 6.07 Å². The lowest BCUT2D eigenvalue weighted by atomic mass is 9.96. The van der Waals surface area contributed by atoms with Crippen LogP contribution in [0, 0.1) is 12.8 Å². The molecule has 3 heterocycles. The summed E-state index contributed by atoms with van der Waals surface area (Å²) in [5.41, 5.74) is 0. The molecule has 2 amide bonds. The third kappa shape index (κ3) is 5.30. The Hall–Kier alpha value is -2.38. The Bertz CT molecular complexity index is 667. The summed E-state index contributed by atoms with van der Waals surface area (Å²) >= 11 is 0. The first kappa shape index (κ1) is 19.4. The highest BCUT2D eigenvalue weighted by Crippen LogP contribution is 2.21. The van der Waals surface area contributed by atoms with E-state index in [1.165, 1.54) is 12.8 Å². The maximum atomic E-state index is 12.3. The Kier molecular flexibility index (Phi) is 6.47. The van der Waals surface area contributed by atoms with Crippen LogP contribution in [0.4, 0.5) is 5.82 Å². The van der Waals surface area contributed by atoms with Crippen molar-refractivity contribution in [3.05, 3.63) is 11.9 Å². The summed E-state index contributed by atoms with van der Waals surface area (Å²) in [7, 11) is 0. The van der Waals surface area contributed by atoms with E-state index in [2.05, 4.69) is 20.2 Å². The van der Waals surface area contributed by atoms with Gasteiger partial charge in [0.1, 0.15) is 18.2 Å². The molecule has 0 aliphatic carbocycles. The van der Waals surface area contributed by atoms with Crippen molar-refractivity contribution < 1.29 is 14.3 Å². The third-order valence-electron chi connectivity index (χ3n) is 5.19. The molecule has 0 spiro atoms. The van der Waals surface area contributed by atoms with Gasteiger partial charge in [-0.25, -0.2) is 4.98 Å². The maximum Gasteiger partial charge on any atom is 0.223 e. The molecule has 1 aromatic heterocycles. The van der Waals surface area contributed by atoms with Crippen molar-refractivity contribution in [2.24, 2.45) is 5.92 Å². The van der Waals surface area contributed by atoms with Crippen LogP contribution >= 0.6 is 0 Å². The Morgan fingerprint density at radius 1 is 1.19 bits per heavy atom. The van der Waals surface area contributed by atoms with Gasteiger partial charge in [0.05, 0.1) is 6.54 Å². The zero-order valence-electron chi connectivity index (χ0n) is 16.2. The van der Waals surface area contributed by atoms with Gasteiger partial charge in [0.15, 0.2) is 0 Å². The van der Waals surface area contributed by atoms with Gasteiger partial charge < -0.3 is 19.9 Å². The highest BCUT2D eigenvalue weighted by atomic mass is 16.5. The number of amides is 2. The van der Waals surface area contributed by atoms with E-state index in [4.69, 9.17) is 4.74 Å². The van der Waals surface area contributed by atoms with Crippen molar-refractivity contribution in [2.45, 2.75) is 39.5 Å². The average Bonchev–Trinajstić information content (AvgIpc) is 3.19. The van der Waals surface area contributed by atoms with Gasteiger partial charge >= 0.3 is 0 Å². The smallest absolute Gasteiger partial charge is 0.223 e. The van der Waals surface area contributed by atoms with Crippen molar-refractivity contribution in [3.63, 3.8) is 0 Å². The lowest BCUT2D eigenvalue weighted by molar-refractivity contribution is -0.133. The number of rotatable bonds is 6. The lowest BCUT2D eigenvalue weighted by Gasteiger charge is -2.30. The summed E-state index contributed by atoms with van der Waals surface area (Å²) in [6, 6.07) is 1.87. The van der Waals surface area contributed by atoms with Gasteiger partial charge in [0.2, 0.25) is 17.7 Å². The average molecular weight is 375 g/mol. The summed E-state index contributed by atoms with van der Waals surface area (Å²) < 4.78 is 5.73. The molecular formula is C19H29N5O3. The van der Waals surface area contributed by atoms with Crippen LogP contribution in [-0.4, -0.2) is 66.0 Å². The van der Waals surface area contributed by atoms with E-state index >= 15 is 0 Å². The molecule has 2 saturated heterocycles. The minimum atomic E-state index is -0.0244. The van der Waals surface area contributed by atoms with Gasteiger partial charge in [0, 0.05) is 45.1 Å². The van der Waals surface area contributed by atoms with E-state index in [1.54, 1.807) is 11.8 Å². The zero-order chi connectivity index (χ0) is 19.2. The van der Waals surface area contributed by atoms with Crippen molar-refractivity contribution in [2.75, 3.05) is 44.2 Å². The van der Waals surface area contributed by atoms with Crippen molar-refractivity contribution in [1.82, 2.24) is 20.2 Å². The molecule has 3 rings (SSSR count). The topological polar surface area (TPSA) is 87.7 Å². The summed E-state index contributed by atoms with van der Waals surface area (Å²) in [5, 5.41) is 2.93. The molecule has 0 aromatic carbocycles. The fraction of sp³-hybridized carbons (Fsp3) is 0.684. The number of nitrogens with one attached hydrogen (secondary N) is 1. The quantitative estimate of drug-likeness (QED) is 0.750. The van der Waals surface area contributed by atoms with E-state index in [0.717, 1.165) is 31.7 Å². The second-order valence-electron chi connectivity index (χ2n) is 7.23. The first-order valence-corrected chi connectivity index (χ1v) is 9.79. The first-order valence-electron chi connectivity index (χ1n) is 9.79. The summed E-state index contributed by atoms with van der Waals surface area (Å²) in [6.07, 6.45) is 3.82. The fourth-order valence-electron chi connectivity index (χ4n) is 3.64. The van der Waals surface area contributed by atoms with Crippen molar-refractivity contribution in [3.8, 4) is 5.88 Å². The summed E-state index contributed by atoms with van der Waals surface area (Å²) in [4.78, 5) is 36.5. The van der Waals surface area contributed by atoms with Gasteiger partial charge in [-0.15, -0.1) is 0 Å². The molecular weight excluding hydrogens is 346 g/mol. The number of ether oxygens (including phenoxy) is 1. The Morgan fingerprint density at radius 3 is 2.56 bits per heavy atom. The largest absolute Gasteiger partial charge is 0.476 e. The minimum absolute atomic E-state index is 0.0244. The number of carbonyl (C=O) groups excluding carboxylic acids is 2. The zero-order valence-corrected chi connectivity index (χ0v) is 16.2. The molecule has 8 heteroatoms. The second kappa shape index (κ2) is 9.01. The second-order valence-corrected chi connectivity index (χ2v) is 7.23. The van der Waals surface area contributed by atoms with Crippen molar-refractivity contribution >= 4 is 17.6 Å². The number of aryl methyl sites for hydroxylation is 1. The number of likely N-dealkylation sites (tertiary alicyclic amines) is 1. The molecule has 1 aromatic rings. The third-order valence-corrected chi connectivity index (χ3v) is 5.19. The van der Waals surface area contributed by atoms with E-state index < -0.39 is 0 Å². The van der Waals surface area contributed by atoms with Crippen molar-refractivity contribution in [1.29, 1.82) is 0 Å². The van der Waals surface area contributed by atoms with E-state index in [0.29, 0.717) is 37.9 Å². The van der Waals surface area contributed by atoms with E-state index in [1.807, 2.05) is 13.0 Å². The summed E-state index contributed by atoms with van der Waals surface area (Å²) in [5.74, 6) is 2.25. The highest BCUT2D eigenvalue weighted by molar-refractivity contribution is 5.79. The number of hydrogen-bond acceptors (Lipinski definition) is 6. The molecule has 0 bridgehead atoms. The molecule has 1 N–H and O–H groups in total. The van der Waals surface area contributed by atoms with Crippen LogP contribution < -0.4 is 15.0 Å². The molecule has 2 aliphatic rings. The number of anilines is 1. The molecule has 8 nitrogen and oxygen atoms in total. The van der Waals surface area contributed by atoms with E-state index in [9.17, 15) is 9.59 Å². The van der Waals surface area contributed by atoms with Gasteiger partial charge in [-0.05, 0) is 32.6 Å². The number of piperidine rings is 1. The number of hydrogen-bond donors (Lipinski definition) is 1. The maximum absolute atomic E-state index is 12.3. The van der Waals surface area contributed by atoms with Crippen LogP contribution in [0.3, 0.4) is 0 Å². The van der Waals surface area contributed by atoms with Gasteiger partial charge in [-0.1, -0.05) is 0 Å². The van der Waals surface area contributed by atoms with Crippen LogP contribution in [-0.2, 0) is 9.59 Å². The van der Waals surface area contributed by atoms with Crippen LogP contribution in [0.25, 0.3) is 0 Å². The molecule has 2 aliphatic heterocycles. The number of nitrogens with zero attached hydrogens (tertiary/aromatic N) is 4. The standard InChI is InChI=1S/C19H29N5O3/c1-14-21-17(24-8-3-4-9-24)13-18(22-14)27-12-7-20-19(26)16-5-10-23(11-6-16)15(2)25/h13,16H,3-12H2,1-2H3,(H,20,26). The molecule has 0 unspecified atom stereocenters. The Morgan fingerprint density at radius 2 is 1.89 bits per heavy atom. The molecule has 2 fully saturated rings. The van der Waals surface area contributed by atoms with E-state index in [-0.39, 0.29) is 17.7 Å². The summed E-state index contributed by atoms with van der Waals surface area (Å²) in [6.45, 7) is 7.60.